The highest BCUT2D eigenvalue weighted by Crippen LogP contribution is 2.18. The third-order valence-electron chi connectivity index (χ3n) is 2.02. The highest BCUT2D eigenvalue weighted by atomic mass is 19.4. The van der Waals surface area contributed by atoms with Crippen molar-refractivity contribution in [3.63, 3.8) is 0 Å². The maximum Gasteiger partial charge on any atom is 0.522 e. The molecule has 0 spiro atoms. The van der Waals surface area contributed by atoms with Gasteiger partial charge in [-0.1, -0.05) is 11.8 Å². The molecule has 1 aromatic carbocycles. The second-order valence-electron chi connectivity index (χ2n) is 3.56. The van der Waals surface area contributed by atoms with Crippen molar-refractivity contribution in [2.45, 2.75) is 12.8 Å². The Bertz CT molecular complexity index is 489. The first-order valence-electron chi connectivity index (χ1n) is 5.65. The zero-order chi connectivity index (χ0) is 15.0. The predicted molar refractivity (Wildman–Crippen MR) is 62.5 cm³/mol. The van der Waals surface area contributed by atoms with E-state index in [1.807, 2.05) is 0 Å². The van der Waals surface area contributed by atoms with E-state index < -0.39 is 18.8 Å². The number of benzene rings is 1. The van der Waals surface area contributed by atoms with E-state index in [-0.39, 0.29) is 30.9 Å². The Hall–Kier alpha value is -1.78. The minimum Gasteiger partial charge on any atom is -0.491 e. The number of hydrogen-bond acceptors (Lipinski definition) is 3. The summed E-state index contributed by atoms with van der Waals surface area (Å²) in [5, 5.41) is 8.53. The van der Waals surface area contributed by atoms with E-state index in [4.69, 9.17) is 9.84 Å². The third kappa shape index (κ3) is 6.41. The van der Waals surface area contributed by atoms with E-state index in [0.29, 0.717) is 0 Å². The Morgan fingerprint density at radius 2 is 1.95 bits per heavy atom. The van der Waals surface area contributed by atoms with Crippen molar-refractivity contribution < 1.29 is 32.1 Å². The van der Waals surface area contributed by atoms with Gasteiger partial charge in [0.1, 0.15) is 18.2 Å². The van der Waals surface area contributed by atoms with Crippen LogP contribution in [0.5, 0.6) is 5.75 Å². The van der Waals surface area contributed by atoms with Crippen LogP contribution in [0.4, 0.5) is 17.6 Å². The second-order valence-corrected chi connectivity index (χ2v) is 3.56. The van der Waals surface area contributed by atoms with E-state index >= 15 is 0 Å². The molecule has 0 atom stereocenters. The van der Waals surface area contributed by atoms with Crippen LogP contribution in [0.1, 0.15) is 12.0 Å². The molecule has 0 aromatic heterocycles. The van der Waals surface area contributed by atoms with Gasteiger partial charge in [0.15, 0.2) is 0 Å². The van der Waals surface area contributed by atoms with Gasteiger partial charge in [0.05, 0.1) is 18.8 Å². The average Bonchev–Trinajstić information content (AvgIpc) is 2.36. The predicted octanol–water partition coefficient (Wildman–Crippen LogP) is 2.47. The van der Waals surface area contributed by atoms with E-state index in [9.17, 15) is 17.6 Å². The molecule has 0 unspecified atom stereocenters. The van der Waals surface area contributed by atoms with Crippen molar-refractivity contribution in [1.82, 2.24) is 0 Å². The van der Waals surface area contributed by atoms with Crippen molar-refractivity contribution in [2.75, 3.05) is 19.8 Å². The number of aliphatic hydroxyl groups excluding tert-OH is 1. The lowest BCUT2D eigenvalue weighted by atomic mass is 10.2. The summed E-state index contributed by atoms with van der Waals surface area (Å²) in [6.07, 6.45) is -4.48. The Kier molecular flexibility index (Phi) is 6.28. The topological polar surface area (TPSA) is 38.7 Å². The van der Waals surface area contributed by atoms with Gasteiger partial charge in [-0.2, -0.15) is 0 Å². The molecule has 1 rings (SSSR count). The van der Waals surface area contributed by atoms with E-state index in [1.165, 1.54) is 12.1 Å². The summed E-state index contributed by atoms with van der Waals surface area (Å²) in [4.78, 5) is 0. The van der Waals surface area contributed by atoms with Gasteiger partial charge < -0.3 is 9.84 Å². The van der Waals surface area contributed by atoms with Gasteiger partial charge in [0.2, 0.25) is 0 Å². The summed E-state index contributed by atoms with van der Waals surface area (Å²) in [5.41, 5.74) is 0.123. The lowest BCUT2D eigenvalue weighted by Crippen LogP contribution is -2.18. The number of halogens is 4. The second kappa shape index (κ2) is 7.72. The first kappa shape index (κ1) is 16.3. The van der Waals surface area contributed by atoms with Crippen LogP contribution in [0.25, 0.3) is 0 Å². The molecule has 0 heterocycles. The van der Waals surface area contributed by atoms with Crippen molar-refractivity contribution >= 4 is 0 Å². The molecular weight excluding hydrogens is 280 g/mol. The molecule has 0 bridgehead atoms. The highest BCUT2D eigenvalue weighted by molar-refractivity contribution is 5.39. The largest absolute Gasteiger partial charge is 0.522 e. The quantitative estimate of drug-likeness (QED) is 0.515. The molecule has 0 saturated carbocycles. The van der Waals surface area contributed by atoms with Crippen LogP contribution in [0, 0.1) is 17.7 Å². The lowest BCUT2D eigenvalue weighted by molar-refractivity contribution is -0.325. The third-order valence-corrected chi connectivity index (χ3v) is 2.02. The van der Waals surface area contributed by atoms with Crippen LogP contribution in [-0.4, -0.2) is 31.3 Å². The van der Waals surface area contributed by atoms with Crippen molar-refractivity contribution in [1.29, 1.82) is 0 Å². The fraction of sp³-hybridized carbons (Fsp3) is 0.385. The Labute approximate surface area is 113 Å². The average molecular weight is 292 g/mol. The van der Waals surface area contributed by atoms with Gasteiger partial charge in [-0.3, -0.25) is 4.74 Å². The maximum atomic E-state index is 13.5. The molecule has 20 heavy (non-hydrogen) atoms. The van der Waals surface area contributed by atoms with Crippen molar-refractivity contribution in [3.05, 3.63) is 29.6 Å². The molecule has 7 heteroatoms. The molecular formula is C13H12F4O3. The molecule has 1 aromatic rings. The molecule has 3 nitrogen and oxygen atoms in total. The molecule has 0 amide bonds. The lowest BCUT2D eigenvalue weighted by Gasteiger charge is -2.09. The SMILES string of the molecule is OCCC#Cc1ccc(OCCOC(F)(F)F)cc1F. The Balaban J connectivity index is 2.50. The van der Waals surface area contributed by atoms with Gasteiger partial charge in [-0.05, 0) is 12.1 Å². The summed E-state index contributed by atoms with van der Waals surface area (Å²) < 4.78 is 57.0. The number of alkyl halides is 3. The zero-order valence-corrected chi connectivity index (χ0v) is 10.3. The van der Waals surface area contributed by atoms with Crippen LogP contribution in [0.2, 0.25) is 0 Å². The summed E-state index contributed by atoms with van der Waals surface area (Å²) >= 11 is 0. The van der Waals surface area contributed by atoms with Crippen LogP contribution in [-0.2, 0) is 4.74 Å². The maximum absolute atomic E-state index is 13.5. The normalized spacial score (nSPS) is 10.8. The summed E-state index contributed by atoms with van der Waals surface area (Å²) in [6, 6.07) is 3.76. The van der Waals surface area contributed by atoms with Gasteiger partial charge in [0, 0.05) is 12.5 Å². The Morgan fingerprint density at radius 1 is 1.20 bits per heavy atom. The van der Waals surface area contributed by atoms with Crippen molar-refractivity contribution in [2.24, 2.45) is 0 Å². The van der Waals surface area contributed by atoms with E-state index in [2.05, 4.69) is 16.6 Å². The van der Waals surface area contributed by atoms with Gasteiger partial charge >= 0.3 is 6.36 Å². The minimum atomic E-state index is -4.71. The molecule has 0 radical (unpaired) electrons. The van der Waals surface area contributed by atoms with Gasteiger partial charge in [-0.15, -0.1) is 13.2 Å². The van der Waals surface area contributed by atoms with Gasteiger partial charge in [-0.25, -0.2) is 4.39 Å². The Morgan fingerprint density at radius 3 is 2.55 bits per heavy atom. The fourth-order valence-electron chi connectivity index (χ4n) is 1.22. The minimum absolute atomic E-state index is 0.0842. The number of aliphatic hydroxyl groups is 1. The van der Waals surface area contributed by atoms with Crippen molar-refractivity contribution in [3.8, 4) is 17.6 Å². The monoisotopic (exact) mass is 292 g/mol. The summed E-state index contributed by atoms with van der Waals surface area (Å²) in [6.45, 7) is -1.15. The first-order valence-corrected chi connectivity index (χ1v) is 5.65. The summed E-state index contributed by atoms with van der Waals surface area (Å²) in [7, 11) is 0. The molecule has 110 valence electrons. The van der Waals surface area contributed by atoms with E-state index in [0.717, 1.165) is 6.07 Å². The molecule has 0 saturated heterocycles. The molecule has 0 aliphatic carbocycles. The molecule has 0 aliphatic rings. The standard InChI is InChI=1S/C13H12F4O3/c14-12-9-11(19-7-8-20-13(15,16)17)5-4-10(12)3-1-2-6-18/h4-5,9,18H,2,6-8H2. The van der Waals surface area contributed by atoms with Gasteiger partial charge in [0.25, 0.3) is 0 Å². The smallest absolute Gasteiger partial charge is 0.491 e. The first-order chi connectivity index (χ1) is 9.42. The zero-order valence-electron chi connectivity index (χ0n) is 10.3. The molecule has 0 fully saturated rings. The molecule has 1 N–H and O–H groups in total. The van der Waals surface area contributed by atoms with Crippen LogP contribution in [0.3, 0.4) is 0 Å². The highest BCUT2D eigenvalue weighted by Gasteiger charge is 2.28. The van der Waals surface area contributed by atoms with E-state index in [1.54, 1.807) is 0 Å². The number of rotatable bonds is 5. The van der Waals surface area contributed by atoms with Crippen LogP contribution in [0.15, 0.2) is 18.2 Å². The fourth-order valence-corrected chi connectivity index (χ4v) is 1.22. The van der Waals surface area contributed by atoms with Crippen LogP contribution < -0.4 is 4.74 Å². The summed E-state index contributed by atoms with van der Waals surface area (Å²) in [5.74, 6) is 4.50. The van der Waals surface area contributed by atoms with Crippen LogP contribution >= 0.6 is 0 Å². The molecule has 0 aliphatic heterocycles. The number of ether oxygens (including phenoxy) is 2. The number of hydrogen-bond donors (Lipinski definition) is 1.